The summed E-state index contributed by atoms with van der Waals surface area (Å²) in [4.78, 5) is 0. The van der Waals surface area contributed by atoms with Crippen molar-refractivity contribution in [2.24, 2.45) is 0 Å². The molecule has 0 bridgehead atoms. The molecule has 4 heteroatoms. The molecule has 1 aromatic heterocycles. The maximum absolute atomic E-state index is 5.49. The Morgan fingerprint density at radius 1 is 1.37 bits per heavy atom. The summed E-state index contributed by atoms with van der Waals surface area (Å²) in [6.45, 7) is 3.16. The Balaban J connectivity index is 2.36. The van der Waals surface area contributed by atoms with Gasteiger partial charge in [-0.1, -0.05) is 25.1 Å². The van der Waals surface area contributed by atoms with Crippen molar-refractivity contribution >= 4 is 27.3 Å². The van der Waals surface area contributed by atoms with Gasteiger partial charge in [-0.25, -0.2) is 0 Å². The lowest BCUT2D eigenvalue weighted by Crippen LogP contribution is -2.23. The van der Waals surface area contributed by atoms with E-state index in [4.69, 9.17) is 4.74 Å². The van der Waals surface area contributed by atoms with E-state index in [1.54, 1.807) is 18.4 Å². The van der Waals surface area contributed by atoms with Crippen molar-refractivity contribution in [2.75, 3.05) is 13.7 Å². The lowest BCUT2D eigenvalue weighted by molar-refractivity contribution is 0.404. The smallest absolute Gasteiger partial charge is 0.123 e. The topological polar surface area (TPSA) is 21.3 Å². The molecule has 2 rings (SSSR count). The number of halogens is 1. The third-order valence-corrected chi connectivity index (χ3v) is 4.49. The normalized spacial score (nSPS) is 12.4. The largest absolute Gasteiger partial charge is 0.496 e. The average Bonchev–Trinajstić information content (AvgIpc) is 2.86. The lowest BCUT2D eigenvalue weighted by atomic mass is 10.00. The van der Waals surface area contributed by atoms with Gasteiger partial charge in [-0.2, -0.15) is 0 Å². The van der Waals surface area contributed by atoms with Crippen LogP contribution in [0.25, 0.3) is 0 Å². The second-order valence-electron chi connectivity index (χ2n) is 4.31. The number of thiophene rings is 1. The Labute approximate surface area is 126 Å². The molecule has 1 heterocycles. The molecule has 0 saturated carbocycles. The van der Waals surface area contributed by atoms with Crippen molar-refractivity contribution in [3.63, 3.8) is 0 Å². The first-order chi connectivity index (χ1) is 9.26. The van der Waals surface area contributed by atoms with Gasteiger partial charge in [0.25, 0.3) is 0 Å². The Morgan fingerprint density at radius 2 is 2.16 bits per heavy atom. The molecule has 0 aliphatic carbocycles. The standard InChI is InChI=1S/C15H18BrNOS/c1-3-8-17-15(11-9-14(16)19-10-11)12-6-4-5-7-13(12)18-2/h4-7,9-10,15,17H,3,8H2,1-2H3. The van der Waals surface area contributed by atoms with Crippen LogP contribution in [0.3, 0.4) is 0 Å². The van der Waals surface area contributed by atoms with E-state index in [2.05, 4.69) is 51.7 Å². The van der Waals surface area contributed by atoms with Crippen molar-refractivity contribution < 1.29 is 4.74 Å². The highest BCUT2D eigenvalue weighted by atomic mass is 79.9. The first-order valence-electron chi connectivity index (χ1n) is 6.36. The van der Waals surface area contributed by atoms with E-state index < -0.39 is 0 Å². The third kappa shape index (κ3) is 3.59. The molecule has 0 aliphatic heterocycles. The molecule has 0 amide bonds. The van der Waals surface area contributed by atoms with Gasteiger partial charge in [-0.3, -0.25) is 0 Å². The van der Waals surface area contributed by atoms with E-state index in [1.807, 2.05) is 12.1 Å². The van der Waals surface area contributed by atoms with Crippen LogP contribution in [0.4, 0.5) is 0 Å². The fraction of sp³-hybridized carbons (Fsp3) is 0.333. The molecule has 0 aliphatic rings. The SMILES string of the molecule is CCCNC(c1csc(Br)c1)c1ccccc1OC. The summed E-state index contributed by atoms with van der Waals surface area (Å²) in [6, 6.07) is 10.5. The molecule has 19 heavy (non-hydrogen) atoms. The van der Waals surface area contributed by atoms with Gasteiger partial charge in [0.05, 0.1) is 16.9 Å². The third-order valence-electron chi connectivity index (χ3n) is 2.97. The summed E-state index contributed by atoms with van der Waals surface area (Å²) in [7, 11) is 1.72. The summed E-state index contributed by atoms with van der Waals surface area (Å²) in [5, 5.41) is 5.78. The fourth-order valence-electron chi connectivity index (χ4n) is 2.08. The van der Waals surface area contributed by atoms with Crippen molar-refractivity contribution in [1.82, 2.24) is 5.32 Å². The Hall–Kier alpha value is -0.840. The Morgan fingerprint density at radius 3 is 2.79 bits per heavy atom. The van der Waals surface area contributed by atoms with Crippen LogP contribution in [0.5, 0.6) is 5.75 Å². The minimum atomic E-state index is 0.179. The summed E-state index contributed by atoms with van der Waals surface area (Å²) in [5.41, 5.74) is 2.46. The van der Waals surface area contributed by atoms with Crippen LogP contribution in [0, 0.1) is 0 Å². The van der Waals surface area contributed by atoms with Crippen LogP contribution in [-0.4, -0.2) is 13.7 Å². The number of para-hydroxylation sites is 1. The van der Waals surface area contributed by atoms with Crippen LogP contribution >= 0.6 is 27.3 Å². The number of hydrogen-bond acceptors (Lipinski definition) is 3. The monoisotopic (exact) mass is 339 g/mol. The van der Waals surface area contributed by atoms with Crippen LogP contribution in [-0.2, 0) is 0 Å². The van der Waals surface area contributed by atoms with Gasteiger partial charge in [0.1, 0.15) is 5.75 Å². The van der Waals surface area contributed by atoms with E-state index in [0.717, 1.165) is 22.5 Å². The summed E-state index contributed by atoms with van der Waals surface area (Å²) in [6.07, 6.45) is 1.11. The molecule has 1 N–H and O–H groups in total. The van der Waals surface area contributed by atoms with Gasteiger partial charge in [0.2, 0.25) is 0 Å². The molecule has 0 saturated heterocycles. The van der Waals surface area contributed by atoms with Crippen LogP contribution < -0.4 is 10.1 Å². The average molecular weight is 340 g/mol. The zero-order chi connectivity index (χ0) is 13.7. The van der Waals surface area contributed by atoms with Crippen molar-refractivity contribution in [3.05, 3.63) is 50.6 Å². The molecule has 1 aromatic carbocycles. The molecule has 0 fully saturated rings. The maximum Gasteiger partial charge on any atom is 0.123 e. The van der Waals surface area contributed by atoms with Crippen molar-refractivity contribution in [2.45, 2.75) is 19.4 Å². The van der Waals surface area contributed by atoms with Gasteiger partial charge >= 0.3 is 0 Å². The molecule has 2 aromatic rings. The van der Waals surface area contributed by atoms with Gasteiger partial charge in [-0.05, 0) is 52.0 Å². The molecule has 1 atom stereocenters. The Bertz CT molecular complexity index is 526. The molecule has 102 valence electrons. The first-order valence-corrected chi connectivity index (χ1v) is 8.03. The van der Waals surface area contributed by atoms with Crippen molar-refractivity contribution in [1.29, 1.82) is 0 Å². The highest BCUT2D eigenvalue weighted by Crippen LogP contribution is 2.33. The van der Waals surface area contributed by atoms with E-state index in [0.29, 0.717) is 0 Å². The van der Waals surface area contributed by atoms with Gasteiger partial charge in [0, 0.05) is 5.56 Å². The summed E-state index contributed by atoms with van der Waals surface area (Å²) < 4.78 is 6.64. The number of methoxy groups -OCH3 is 1. The first kappa shape index (κ1) is 14.6. The predicted molar refractivity (Wildman–Crippen MR) is 85.1 cm³/mol. The van der Waals surface area contributed by atoms with Crippen molar-refractivity contribution in [3.8, 4) is 5.75 Å². The molecule has 2 nitrogen and oxygen atoms in total. The molecule has 1 unspecified atom stereocenters. The number of hydrogen-bond donors (Lipinski definition) is 1. The predicted octanol–water partition coefficient (Wildman–Crippen LogP) is 4.61. The quantitative estimate of drug-likeness (QED) is 0.829. The maximum atomic E-state index is 5.49. The lowest BCUT2D eigenvalue weighted by Gasteiger charge is -2.20. The van der Waals surface area contributed by atoms with Gasteiger partial charge < -0.3 is 10.1 Å². The van der Waals surface area contributed by atoms with E-state index in [-0.39, 0.29) is 6.04 Å². The minimum absolute atomic E-state index is 0.179. The van der Waals surface area contributed by atoms with Crippen LogP contribution in [0.2, 0.25) is 0 Å². The summed E-state index contributed by atoms with van der Waals surface area (Å²) in [5.74, 6) is 0.929. The molecular weight excluding hydrogens is 322 g/mol. The zero-order valence-electron chi connectivity index (χ0n) is 11.2. The highest BCUT2D eigenvalue weighted by Gasteiger charge is 2.18. The minimum Gasteiger partial charge on any atom is -0.496 e. The van der Waals surface area contributed by atoms with E-state index >= 15 is 0 Å². The second kappa shape index (κ2) is 7.08. The fourth-order valence-corrected chi connectivity index (χ4v) is 3.28. The highest BCUT2D eigenvalue weighted by molar-refractivity contribution is 9.11. The van der Waals surface area contributed by atoms with Crippen LogP contribution in [0.15, 0.2) is 39.5 Å². The Kier molecular flexibility index (Phi) is 5.43. The zero-order valence-corrected chi connectivity index (χ0v) is 13.6. The van der Waals surface area contributed by atoms with E-state index in [1.165, 1.54) is 11.1 Å². The molecule has 0 spiro atoms. The van der Waals surface area contributed by atoms with Gasteiger partial charge in [0.15, 0.2) is 0 Å². The summed E-state index contributed by atoms with van der Waals surface area (Å²) >= 11 is 5.25. The van der Waals surface area contributed by atoms with Gasteiger partial charge in [-0.15, -0.1) is 11.3 Å². The second-order valence-corrected chi connectivity index (χ2v) is 6.60. The van der Waals surface area contributed by atoms with Crippen LogP contribution in [0.1, 0.15) is 30.5 Å². The number of ether oxygens (including phenoxy) is 1. The van der Waals surface area contributed by atoms with E-state index in [9.17, 15) is 0 Å². The number of nitrogens with one attached hydrogen (secondary N) is 1. The number of benzene rings is 1. The molecule has 0 radical (unpaired) electrons. The molecular formula is C15H18BrNOS. The number of rotatable bonds is 6.